The van der Waals surface area contributed by atoms with Crippen molar-refractivity contribution in [1.29, 1.82) is 0 Å². The molecule has 1 aliphatic rings. The molecule has 136 valence electrons. The molecule has 0 aromatic heterocycles. The molecule has 0 spiro atoms. The molecule has 2 rings (SSSR count). The molecule has 0 aliphatic carbocycles. The summed E-state index contributed by atoms with van der Waals surface area (Å²) >= 11 is 3.95. The van der Waals surface area contributed by atoms with Gasteiger partial charge in [-0.3, -0.25) is 0 Å². The van der Waals surface area contributed by atoms with Crippen molar-refractivity contribution in [2.75, 3.05) is 11.5 Å². The Kier molecular flexibility index (Phi) is 8.28. The molecular weight excluding hydrogens is 340 g/mol. The number of rotatable bonds is 9. The van der Waals surface area contributed by atoms with Crippen molar-refractivity contribution in [2.24, 2.45) is 0 Å². The van der Waals surface area contributed by atoms with Crippen molar-refractivity contribution in [3.63, 3.8) is 0 Å². The Hall–Kier alpha value is -0.360. The van der Waals surface area contributed by atoms with Crippen molar-refractivity contribution >= 4 is 23.5 Å². The van der Waals surface area contributed by atoms with E-state index in [0.717, 1.165) is 43.6 Å². The summed E-state index contributed by atoms with van der Waals surface area (Å²) in [4.78, 5) is 0. The zero-order chi connectivity index (χ0) is 17.4. The minimum absolute atomic E-state index is 0.0431. The number of phenolic OH excluding ortho intramolecular Hbond substituents is 1. The van der Waals surface area contributed by atoms with Crippen LogP contribution in [-0.4, -0.2) is 43.1 Å². The molecule has 1 aromatic rings. The maximum absolute atomic E-state index is 10.5. The molecule has 5 heteroatoms. The molecule has 2 atom stereocenters. The van der Waals surface area contributed by atoms with Crippen LogP contribution < -0.4 is 0 Å². The van der Waals surface area contributed by atoms with Gasteiger partial charge in [-0.05, 0) is 67.7 Å². The van der Waals surface area contributed by atoms with Crippen molar-refractivity contribution < 1.29 is 15.3 Å². The van der Waals surface area contributed by atoms with Crippen LogP contribution in [0.1, 0.15) is 51.0 Å². The fraction of sp³-hybridized carbons (Fsp3) is 0.684. The lowest BCUT2D eigenvalue weighted by atomic mass is 10.00. The Morgan fingerprint density at radius 3 is 2.38 bits per heavy atom. The first-order valence-corrected chi connectivity index (χ1v) is 10.9. The standard InChI is InChI=1S/C19H30O3S2/c1-2-4-17(21)13-18(22)14-19(23-11-3-12-24-19)10-9-15-5-7-16(20)8-6-15/h5-8,17-18,20-22H,2-4,9-14H2,1H3/t17-,18-/m1/s1. The van der Waals surface area contributed by atoms with Crippen molar-refractivity contribution in [3.8, 4) is 5.75 Å². The molecule has 1 fully saturated rings. The molecule has 0 radical (unpaired) electrons. The van der Waals surface area contributed by atoms with Crippen LogP contribution in [-0.2, 0) is 6.42 Å². The first-order valence-electron chi connectivity index (χ1n) is 8.95. The van der Waals surface area contributed by atoms with Crippen LogP contribution in [0.3, 0.4) is 0 Å². The van der Waals surface area contributed by atoms with Gasteiger partial charge in [-0.2, -0.15) is 0 Å². The summed E-state index contributed by atoms with van der Waals surface area (Å²) in [6.07, 6.45) is 5.28. The second-order valence-corrected chi connectivity index (χ2v) is 9.88. The van der Waals surface area contributed by atoms with E-state index in [0.29, 0.717) is 12.2 Å². The van der Waals surface area contributed by atoms with Crippen molar-refractivity contribution in [2.45, 2.75) is 68.2 Å². The quantitative estimate of drug-likeness (QED) is 0.608. The van der Waals surface area contributed by atoms with Crippen LogP contribution >= 0.6 is 23.5 Å². The maximum atomic E-state index is 10.5. The number of hydrogen-bond donors (Lipinski definition) is 3. The van der Waals surface area contributed by atoms with Crippen LogP contribution in [0.25, 0.3) is 0 Å². The molecule has 1 aliphatic heterocycles. The Morgan fingerprint density at radius 1 is 1.08 bits per heavy atom. The Balaban J connectivity index is 1.93. The summed E-state index contributed by atoms with van der Waals surface area (Å²) in [5.74, 6) is 2.59. The van der Waals surface area contributed by atoms with Gasteiger partial charge in [0.1, 0.15) is 5.75 Å². The molecule has 1 saturated heterocycles. The SMILES string of the molecule is CCC[C@@H](O)C[C@@H](O)CC1(CCc2ccc(O)cc2)SCCCS1. The van der Waals surface area contributed by atoms with E-state index in [9.17, 15) is 15.3 Å². The van der Waals surface area contributed by atoms with E-state index in [1.54, 1.807) is 12.1 Å². The summed E-state index contributed by atoms with van der Waals surface area (Å²) in [5, 5.41) is 29.9. The van der Waals surface area contributed by atoms with E-state index in [-0.39, 0.29) is 4.08 Å². The highest BCUT2D eigenvalue weighted by Gasteiger charge is 2.35. The highest BCUT2D eigenvalue weighted by atomic mass is 32.2. The predicted molar refractivity (Wildman–Crippen MR) is 105 cm³/mol. The Labute approximate surface area is 154 Å². The minimum Gasteiger partial charge on any atom is -0.508 e. The fourth-order valence-electron chi connectivity index (χ4n) is 3.19. The number of thioether (sulfide) groups is 2. The zero-order valence-electron chi connectivity index (χ0n) is 14.5. The van der Waals surface area contributed by atoms with E-state index in [2.05, 4.69) is 6.92 Å². The number of aliphatic hydroxyl groups excluding tert-OH is 2. The highest BCUT2D eigenvalue weighted by Crippen LogP contribution is 2.49. The van der Waals surface area contributed by atoms with Crippen LogP contribution in [0.2, 0.25) is 0 Å². The fourth-order valence-corrected chi connectivity index (χ4v) is 6.64. The summed E-state index contributed by atoms with van der Waals surface area (Å²) in [7, 11) is 0. The van der Waals surface area contributed by atoms with E-state index < -0.39 is 12.2 Å². The molecular formula is C19H30O3S2. The van der Waals surface area contributed by atoms with Gasteiger partial charge in [0.15, 0.2) is 0 Å². The average Bonchev–Trinajstić information content (AvgIpc) is 2.55. The molecule has 0 amide bonds. The lowest BCUT2D eigenvalue weighted by Gasteiger charge is -2.38. The Bertz CT molecular complexity index is 472. The van der Waals surface area contributed by atoms with Gasteiger partial charge in [0.2, 0.25) is 0 Å². The topological polar surface area (TPSA) is 60.7 Å². The highest BCUT2D eigenvalue weighted by molar-refractivity contribution is 8.18. The monoisotopic (exact) mass is 370 g/mol. The van der Waals surface area contributed by atoms with Gasteiger partial charge in [-0.15, -0.1) is 23.5 Å². The van der Waals surface area contributed by atoms with Crippen LogP contribution in [0.5, 0.6) is 5.75 Å². The number of benzene rings is 1. The third-order valence-electron chi connectivity index (χ3n) is 4.46. The van der Waals surface area contributed by atoms with Gasteiger partial charge in [0.05, 0.1) is 16.3 Å². The molecule has 1 aromatic carbocycles. The van der Waals surface area contributed by atoms with Crippen LogP contribution in [0.4, 0.5) is 0 Å². The predicted octanol–water partition coefficient (Wildman–Crippen LogP) is 4.19. The molecule has 3 nitrogen and oxygen atoms in total. The molecule has 1 heterocycles. The maximum Gasteiger partial charge on any atom is 0.115 e. The zero-order valence-corrected chi connectivity index (χ0v) is 16.1. The van der Waals surface area contributed by atoms with Gasteiger partial charge >= 0.3 is 0 Å². The van der Waals surface area contributed by atoms with E-state index in [4.69, 9.17) is 0 Å². The third kappa shape index (κ3) is 6.51. The minimum atomic E-state index is -0.440. The number of aromatic hydroxyl groups is 1. The van der Waals surface area contributed by atoms with Gasteiger partial charge in [-0.1, -0.05) is 25.5 Å². The van der Waals surface area contributed by atoms with Crippen LogP contribution in [0.15, 0.2) is 24.3 Å². The second-order valence-electron chi connectivity index (χ2n) is 6.66. The van der Waals surface area contributed by atoms with Crippen LogP contribution in [0, 0.1) is 0 Å². The molecule has 3 N–H and O–H groups in total. The first-order chi connectivity index (χ1) is 11.5. The number of hydrogen-bond acceptors (Lipinski definition) is 5. The smallest absolute Gasteiger partial charge is 0.115 e. The third-order valence-corrected chi connectivity index (χ3v) is 7.95. The summed E-state index contributed by atoms with van der Waals surface area (Å²) in [5.41, 5.74) is 1.22. The summed E-state index contributed by atoms with van der Waals surface area (Å²) < 4.78 is 0.0431. The van der Waals surface area contributed by atoms with E-state index in [1.807, 2.05) is 35.7 Å². The first kappa shape index (κ1) is 20.0. The number of phenols is 1. The molecule has 24 heavy (non-hydrogen) atoms. The van der Waals surface area contributed by atoms with Gasteiger partial charge < -0.3 is 15.3 Å². The number of aliphatic hydroxyl groups is 2. The van der Waals surface area contributed by atoms with E-state index >= 15 is 0 Å². The Morgan fingerprint density at radius 2 is 1.75 bits per heavy atom. The van der Waals surface area contributed by atoms with Gasteiger partial charge in [0, 0.05) is 0 Å². The molecule has 0 bridgehead atoms. The number of aryl methyl sites for hydroxylation is 1. The summed E-state index contributed by atoms with van der Waals surface area (Å²) in [6.45, 7) is 2.06. The molecule has 0 saturated carbocycles. The second kappa shape index (κ2) is 9.95. The lowest BCUT2D eigenvalue weighted by molar-refractivity contribution is 0.0687. The lowest BCUT2D eigenvalue weighted by Crippen LogP contribution is -2.32. The van der Waals surface area contributed by atoms with Gasteiger partial charge in [-0.25, -0.2) is 0 Å². The van der Waals surface area contributed by atoms with Crippen molar-refractivity contribution in [3.05, 3.63) is 29.8 Å². The molecule has 0 unspecified atom stereocenters. The average molecular weight is 371 g/mol. The van der Waals surface area contributed by atoms with Gasteiger partial charge in [0.25, 0.3) is 0 Å². The van der Waals surface area contributed by atoms with E-state index in [1.165, 1.54) is 12.0 Å². The normalized spacial score (nSPS) is 19.8. The summed E-state index contributed by atoms with van der Waals surface area (Å²) in [6, 6.07) is 7.42. The van der Waals surface area contributed by atoms with Crippen molar-refractivity contribution in [1.82, 2.24) is 0 Å². The largest absolute Gasteiger partial charge is 0.508 e.